The molecule has 0 aromatic carbocycles. The minimum absolute atomic E-state index is 0.165. The molecule has 0 amide bonds. The molecule has 0 atom stereocenters. The quantitative estimate of drug-likeness (QED) is 0.459. The molecule has 8 nitrogen and oxygen atoms in total. The number of thiazole rings is 1. The van der Waals surface area contributed by atoms with Gasteiger partial charge in [-0.1, -0.05) is 11.3 Å². The molecule has 0 unspecified atom stereocenters. The predicted octanol–water partition coefficient (Wildman–Crippen LogP) is 0.582. The number of nitrogens with one attached hydrogen (secondary N) is 1. The maximum absolute atomic E-state index is 10.4. The number of rotatable bonds is 4. The van der Waals surface area contributed by atoms with Crippen LogP contribution >= 0.6 is 11.3 Å². The highest BCUT2D eigenvalue weighted by molar-refractivity contribution is 7.15. The van der Waals surface area contributed by atoms with Gasteiger partial charge in [0, 0.05) is 6.20 Å². The van der Waals surface area contributed by atoms with Gasteiger partial charge in [-0.25, -0.2) is 10.8 Å². The van der Waals surface area contributed by atoms with Crippen molar-refractivity contribution in [2.24, 2.45) is 5.84 Å². The molecule has 0 bridgehead atoms. The van der Waals surface area contributed by atoms with Gasteiger partial charge in [0.15, 0.2) is 5.13 Å². The van der Waals surface area contributed by atoms with Gasteiger partial charge in [-0.15, -0.1) is 0 Å². The summed E-state index contributed by atoms with van der Waals surface area (Å²) in [6.45, 7) is 0.438. The lowest BCUT2D eigenvalue weighted by Gasteiger charge is -1.91. The zero-order valence-electron chi connectivity index (χ0n) is 8.03. The Balaban J connectivity index is 2.11. The normalized spacial score (nSPS) is 10.3. The smallest absolute Gasteiger partial charge is 0.358 e. The maximum atomic E-state index is 10.4. The standard InChI is InChI=1S/C7H8N6O2S/c8-10-7-9-3-5(16-7)4-12-2-1-6(11-12)13(14)15/h1-3H,4,8H2,(H,9,10). The lowest BCUT2D eigenvalue weighted by atomic mass is 10.5. The van der Waals surface area contributed by atoms with E-state index in [1.165, 1.54) is 22.1 Å². The molecule has 0 aliphatic rings. The van der Waals surface area contributed by atoms with Crippen molar-refractivity contribution < 1.29 is 4.92 Å². The van der Waals surface area contributed by atoms with E-state index in [0.717, 1.165) is 4.88 Å². The molecule has 0 fully saturated rings. The van der Waals surface area contributed by atoms with Crippen molar-refractivity contribution in [3.8, 4) is 0 Å². The van der Waals surface area contributed by atoms with Gasteiger partial charge in [0.1, 0.15) is 0 Å². The number of hydrogen-bond donors (Lipinski definition) is 2. The summed E-state index contributed by atoms with van der Waals surface area (Å²) in [4.78, 5) is 14.8. The van der Waals surface area contributed by atoms with Crippen molar-refractivity contribution in [3.05, 3.63) is 33.5 Å². The number of nitrogens with two attached hydrogens (primary N) is 1. The fourth-order valence-corrected chi connectivity index (χ4v) is 1.86. The van der Waals surface area contributed by atoms with Gasteiger partial charge in [0.05, 0.1) is 28.8 Å². The lowest BCUT2D eigenvalue weighted by molar-refractivity contribution is -0.389. The first-order valence-corrected chi connectivity index (χ1v) is 5.10. The molecule has 2 aromatic rings. The van der Waals surface area contributed by atoms with Crippen molar-refractivity contribution in [2.45, 2.75) is 6.54 Å². The van der Waals surface area contributed by atoms with Gasteiger partial charge in [-0.3, -0.25) is 5.43 Å². The van der Waals surface area contributed by atoms with E-state index < -0.39 is 4.92 Å². The molecule has 0 aliphatic heterocycles. The van der Waals surface area contributed by atoms with Crippen LogP contribution < -0.4 is 11.3 Å². The summed E-state index contributed by atoms with van der Waals surface area (Å²) >= 11 is 1.37. The number of aromatic nitrogens is 3. The van der Waals surface area contributed by atoms with E-state index in [4.69, 9.17) is 5.84 Å². The Bertz CT molecular complexity index is 506. The third-order valence-electron chi connectivity index (χ3n) is 1.81. The zero-order valence-corrected chi connectivity index (χ0v) is 8.85. The Labute approximate surface area is 93.8 Å². The van der Waals surface area contributed by atoms with Crippen LogP contribution in [0, 0.1) is 10.1 Å². The van der Waals surface area contributed by atoms with Crippen molar-refractivity contribution in [3.63, 3.8) is 0 Å². The number of nitro groups is 1. The topological polar surface area (TPSA) is 112 Å². The first-order valence-electron chi connectivity index (χ1n) is 4.28. The van der Waals surface area contributed by atoms with E-state index in [1.54, 1.807) is 12.4 Å². The number of anilines is 1. The summed E-state index contributed by atoms with van der Waals surface area (Å²) in [6, 6.07) is 1.35. The number of nitrogen functional groups attached to an aromatic ring is 1. The molecule has 16 heavy (non-hydrogen) atoms. The maximum Gasteiger partial charge on any atom is 0.389 e. The van der Waals surface area contributed by atoms with Gasteiger partial charge in [0.2, 0.25) is 0 Å². The third-order valence-corrected chi connectivity index (χ3v) is 2.72. The van der Waals surface area contributed by atoms with Gasteiger partial charge < -0.3 is 10.1 Å². The van der Waals surface area contributed by atoms with Gasteiger partial charge in [-0.2, -0.15) is 4.68 Å². The Morgan fingerprint density at radius 1 is 1.69 bits per heavy atom. The van der Waals surface area contributed by atoms with Crippen LogP contribution in [0.15, 0.2) is 18.5 Å². The molecule has 0 radical (unpaired) electrons. The first kappa shape index (κ1) is 10.5. The highest BCUT2D eigenvalue weighted by atomic mass is 32.1. The Morgan fingerprint density at radius 2 is 2.50 bits per heavy atom. The Morgan fingerprint density at radius 3 is 3.06 bits per heavy atom. The summed E-state index contributed by atoms with van der Waals surface area (Å²) in [5, 5.41) is 14.8. The highest BCUT2D eigenvalue weighted by Crippen LogP contribution is 2.18. The second-order valence-corrected chi connectivity index (χ2v) is 4.02. The minimum Gasteiger partial charge on any atom is -0.358 e. The van der Waals surface area contributed by atoms with Crippen LogP contribution in [0.25, 0.3) is 0 Å². The Hall–Kier alpha value is -2.00. The monoisotopic (exact) mass is 240 g/mol. The molecule has 0 saturated heterocycles. The van der Waals surface area contributed by atoms with E-state index >= 15 is 0 Å². The molecule has 0 spiro atoms. The summed E-state index contributed by atoms with van der Waals surface area (Å²) in [5.74, 6) is 5.02. The largest absolute Gasteiger partial charge is 0.389 e. The lowest BCUT2D eigenvalue weighted by Crippen LogP contribution is -2.05. The summed E-state index contributed by atoms with van der Waals surface area (Å²) in [5.41, 5.74) is 2.43. The van der Waals surface area contributed by atoms with E-state index in [-0.39, 0.29) is 5.82 Å². The van der Waals surface area contributed by atoms with Crippen LogP contribution in [-0.4, -0.2) is 19.7 Å². The van der Waals surface area contributed by atoms with Crippen molar-refractivity contribution in [2.75, 3.05) is 5.43 Å². The molecular weight excluding hydrogens is 232 g/mol. The SMILES string of the molecule is NNc1ncc(Cn2ccc([N+](=O)[O-])n2)s1. The van der Waals surface area contributed by atoms with E-state index in [1.807, 2.05) is 0 Å². The van der Waals surface area contributed by atoms with Gasteiger partial charge >= 0.3 is 5.82 Å². The van der Waals surface area contributed by atoms with Crippen molar-refractivity contribution in [1.82, 2.24) is 14.8 Å². The molecular formula is C7H8N6O2S. The number of nitrogens with zero attached hydrogens (tertiary/aromatic N) is 4. The molecule has 2 rings (SSSR count). The van der Waals surface area contributed by atoms with Crippen LogP contribution in [0.5, 0.6) is 0 Å². The second-order valence-electron chi connectivity index (χ2n) is 2.90. The minimum atomic E-state index is -0.532. The average molecular weight is 240 g/mol. The fraction of sp³-hybridized carbons (Fsp3) is 0.143. The summed E-state index contributed by atoms with van der Waals surface area (Å²) in [6.07, 6.45) is 3.20. The van der Waals surface area contributed by atoms with Crippen LogP contribution in [0.3, 0.4) is 0 Å². The van der Waals surface area contributed by atoms with Crippen LogP contribution in [-0.2, 0) is 6.54 Å². The summed E-state index contributed by atoms with van der Waals surface area (Å²) in [7, 11) is 0. The highest BCUT2D eigenvalue weighted by Gasteiger charge is 2.11. The first-order chi connectivity index (χ1) is 7.69. The van der Waals surface area contributed by atoms with Gasteiger partial charge in [0.25, 0.3) is 0 Å². The number of hydrazine groups is 1. The molecule has 3 N–H and O–H groups in total. The van der Waals surface area contributed by atoms with Crippen molar-refractivity contribution >= 4 is 22.3 Å². The second kappa shape index (κ2) is 4.24. The van der Waals surface area contributed by atoms with Crippen LogP contribution in [0.4, 0.5) is 10.9 Å². The van der Waals surface area contributed by atoms with Gasteiger partial charge in [-0.05, 0) is 4.92 Å². The fourth-order valence-electron chi connectivity index (χ4n) is 1.14. The van der Waals surface area contributed by atoms with E-state index in [9.17, 15) is 10.1 Å². The number of hydrogen-bond acceptors (Lipinski definition) is 7. The molecule has 9 heteroatoms. The Kier molecular flexibility index (Phi) is 2.79. The molecule has 2 aromatic heterocycles. The predicted molar refractivity (Wildman–Crippen MR) is 57.9 cm³/mol. The molecule has 2 heterocycles. The van der Waals surface area contributed by atoms with Crippen molar-refractivity contribution in [1.29, 1.82) is 0 Å². The molecule has 0 aliphatic carbocycles. The molecule has 84 valence electrons. The van der Waals surface area contributed by atoms with E-state index in [0.29, 0.717) is 11.7 Å². The summed E-state index contributed by atoms with van der Waals surface area (Å²) < 4.78 is 1.48. The van der Waals surface area contributed by atoms with Crippen LogP contribution in [0.2, 0.25) is 0 Å². The average Bonchev–Trinajstić information content (AvgIpc) is 2.87. The molecule has 0 saturated carbocycles. The third kappa shape index (κ3) is 2.15. The zero-order chi connectivity index (χ0) is 11.5. The van der Waals surface area contributed by atoms with Crippen LogP contribution in [0.1, 0.15) is 4.88 Å². The van der Waals surface area contributed by atoms with E-state index in [2.05, 4.69) is 15.5 Å².